The lowest BCUT2D eigenvalue weighted by Gasteiger charge is -2.54. The number of nitrogens with one attached hydrogen (secondary N) is 2. The Bertz CT molecular complexity index is 947. The number of hydrogen-bond donors (Lipinski definition) is 2. The third kappa shape index (κ3) is 3.14. The van der Waals surface area contributed by atoms with E-state index in [4.69, 9.17) is 0 Å². The number of amides is 2. The molecular formula is C23H22N4O. The SMILES string of the molecule is O=C(Nc1ccccc1)N1C[C@@H]2N[C@H](C1)C2c1ccc(-c2cccnc2)cc1. The summed E-state index contributed by atoms with van der Waals surface area (Å²) in [4.78, 5) is 18.7. The molecule has 6 rings (SSSR count). The lowest BCUT2D eigenvalue weighted by atomic mass is 9.74. The monoisotopic (exact) mass is 370 g/mol. The van der Waals surface area contributed by atoms with Crippen molar-refractivity contribution in [2.24, 2.45) is 0 Å². The summed E-state index contributed by atoms with van der Waals surface area (Å²) in [6.07, 6.45) is 3.68. The van der Waals surface area contributed by atoms with Crippen molar-refractivity contribution in [2.45, 2.75) is 18.0 Å². The normalized spacial score (nSPS) is 23.0. The molecule has 3 aliphatic heterocycles. The summed E-state index contributed by atoms with van der Waals surface area (Å²) in [5.41, 5.74) is 4.48. The second-order valence-corrected chi connectivity index (χ2v) is 7.47. The third-order valence-electron chi connectivity index (χ3n) is 5.73. The van der Waals surface area contributed by atoms with Gasteiger partial charge < -0.3 is 15.5 Å². The first kappa shape index (κ1) is 17.0. The number of aromatic nitrogens is 1. The number of fused-ring (bicyclic) bond motifs is 2. The van der Waals surface area contributed by atoms with Crippen molar-refractivity contribution in [2.75, 3.05) is 18.4 Å². The van der Waals surface area contributed by atoms with Crippen LogP contribution in [0.1, 0.15) is 11.5 Å². The Morgan fingerprint density at radius 2 is 1.68 bits per heavy atom. The minimum atomic E-state index is -0.0203. The molecule has 2 bridgehead atoms. The second kappa shape index (κ2) is 7.09. The molecule has 140 valence electrons. The Hall–Kier alpha value is -3.18. The van der Waals surface area contributed by atoms with E-state index in [2.05, 4.69) is 45.9 Å². The van der Waals surface area contributed by atoms with Gasteiger partial charge in [0.25, 0.3) is 0 Å². The van der Waals surface area contributed by atoms with Gasteiger partial charge in [0.1, 0.15) is 0 Å². The van der Waals surface area contributed by atoms with Gasteiger partial charge in [-0.1, -0.05) is 48.5 Å². The molecule has 5 heteroatoms. The molecule has 28 heavy (non-hydrogen) atoms. The lowest BCUT2D eigenvalue weighted by Crippen LogP contribution is -2.72. The van der Waals surface area contributed by atoms with Gasteiger partial charge in [-0.3, -0.25) is 4.98 Å². The van der Waals surface area contributed by atoms with Crippen LogP contribution in [0, 0.1) is 0 Å². The maximum Gasteiger partial charge on any atom is 0.321 e. The zero-order valence-electron chi connectivity index (χ0n) is 15.5. The highest BCUT2D eigenvalue weighted by atomic mass is 16.2. The number of piperazine rings is 1. The molecule has 2 aromatic carbocycles. The lowest BCUT2D eigenvalue weighted by molar-refractivity contribution is 0.0759. The van der Waals surface area contributed by atoms with Gasteiger partial charge in [0.05, 0.1) is 0 Å². The Morgan fingerprint density at radius 1 is 0.929 bits per heavy atom. The van der Waals surface area contributed by atoms with E-state index in [1.165, 1.54) is 11.1 Å². The van der Waals surface area contributed by atoms with Crippen LogP contribution in [-0.4, -0.2) is 41.1 Å². The first-order valence-corrected chi connectivity index (χ1v) is 9.65. The van der Waals surface area contributed by atoms with E-state index in [1.807, 2.05) is 47.5 Å². The highest BCUT2D eigenvalue weighted by molar-refractivity contribution is 5.89. The predicted molar refractivity (Wildman–Crippen MR) is 110 cm³/mol. The van der Waals surface area contributed by atoms with E-state index in [0.717, 1.165) is 24.3 Å². The molecule has 0 aliphatic carbocycles. The molecule has 3 aliphatic rings. The van der Waals surface area contributed by atoms with Gasteiger partial charge in [-0.15, -0.1) is 0 Å². The van der Waals surface area contributed by atoms with E-state index in [9.17, 15) is 4.79 Å². The van der Waals surface area contributed by atoms with Gasteiger partial charge in [0.2, 0.25) is 0 Å². The summed E-state index contributed by atoms with van der Waals surface area (Å²) in [6.45, 7) is 1.45. The van der Waals surface area contributed by atoms with Gasteiger partial charge in [0.15, 0.2) is 0 Å². The van der Waals surface area contributed by atoms with Crippen molar-refractivity contribution in [3.8, 4) is 11.1 Å². The standard InChI is InChI=1S/C23H22N4O/c28-23(25-19-6-2-1-3-7-19)27-14-20-22(21(15-27)26-20)17-10-8-16(9-11-17)18-5-4-12-24-13-18/h1-13,20-22,26H,14-15H2,(H,25,28)/t20-,21+,22?. The van der Waals surface area contributed by atoms with Crippen LogP contribution in [-0.2, 0) is 0 Å². The summed E-state index contributed by atoms with van der Waals surface area (Å²) in [6, 6.07) is 23.0. The van der Waals surface area contributed by atoms with Crippen LogP contribution >= 0.6 is 0 Å². The van der Waals surface area contributed by atoms with Crippen molar-refractivity contribution < 1.29 is 4.79 Å². The van der Waals surface area contributed by atoms with Gasteiger partial charge in [-0.25, -0.2) is 4.79 Å². The molecule has 1 aromatic heterocycles. The number of urea groups is 1. The zero-order valence-corrected chi connectivity index (χ0v) is 15.5. The number of benzene rings is 2. The third-order valence-corrected chi connectivity index (χ3v) is 5.73. The number of carbonyl (C=O) groups is 1. The molecule has 3 saturated heterocycles. The maximum absolute atomic E-state index is 12.6. The first-order valence-electron chi connectivity index (χ1n) is 9.65. The Kier molecular flexibility index (Phi) is 4.29. The molecule has 3 atom stereocenters. The molecule has 1 unspecified atom stereocenters. The molecule has 0 saturated carbocycles. The van der Waals surface area contributed by atoms with E-state index in [0.29, 0.717) is 18.0 Å². The number of carbonyl (C=O) groups excluding carboxylic acids is 1. The number of pyridine rings is 1. The molecule has 3 fully saturated rings. The molecule has 0 spiro atoms. The number of para-hydroxylation sites is 1. The van der Waals surface area contributed by atoms with E-state index >= 15 is 0 Å². The summed E-state index contributed by atoms with van der Waals surface area (Å²) < 4.78 is 0. The van der Waals surface area contributed by atoms with Crippen molar-refractivity contribution in [3.63, 3.8) is 0 Å². The van der Waals surface area contributed by atoms with E-state index < -0.39 is 0 Å². The Balaban J connectivity index is 1.24. The smallest absolute Gasteiger partial charge is 0.321 e. The highest BCUT2D eigenvalue weighted by Gasteiger charge is 2.48. The number of hydrogen-bond acceptors (Lipinski definition) is 3. The van der Waals surface area contributed by atoms with E-state index in [-0.39, 0.29) is 6.03 Å². The fraction of sp³-hybridized carbons (Fsp3) is 0.217. The van der Waals surface area contributed by atoms with Crippen LogP contribution in [0.2, 0.25) is 0 Å². The Morgan fingerprint density at radius 3 is 2.36 bits per heavy atom. The fourth-order valence-corrected chi connectivity index (χ4v) is 4.31. The highest BCUT2D eigenvalue weighted by Crippen LogP contribution is 2.37. The van der Waals surface area contributed by atoms with Gasteiger partial charge in [-0.05, 0) is 34.9 Å². The Labute approximate surface area is 164 Å². The molecule has 2 amide bonds. The average molecular weight is 370 g/mol. The van der Waals surface area contributed by atoms with Crippen LogP contribution < -0.4 is 10.6 Å². The second-order valence-electron chi connectivity index (χ2n) is 7.47. The minimum Gasteiger partial charge on any atom is -0.321 e. The summed E-state index contributed by atoms with van der Waals surface area (Å²) in [7, 11) is 0. The van der Waals surface area contributed by atoms with Gasteiger partial charge >= 0.3 is 6.03 Å². The summed E-state index contributed by atoms with van der Waals surface area (Å²) in [5.74, 6) is 0.462. The number of anilines is 1. The largest absolute Gasteiger partial charge is 0.321 e. The van der Waals surface area contributed by atoms with Crippen LogP contribution in [0.4, 0.5) is 10.5 Å². The molecule has 5 nitrogen and oxygen atoms in total. The molecular weight excluding hydrogens is 348 g/mol. The zero-order chi connectivity index (χ0) is 18.9. The van der Waals surface area contributed by atoms with Crippen LogP contribution in [0.3, 0.4) is 0 Å². The van der Waals surface area contributed by atoms with Gasteiger partial charge in [-0.2, -0.15) is 0 Å². The van der Waals surface area contributed by atoms with Crippen molar-refractivity contribution in [3.05, 3.63) is 84.7 Å². The van der Waals surface area contributed by atoms with Crippen LogP contribution in [0.15, 0.2) is 79.1 Å². The van der Waals surface area contributed by atoms with Crippen molar-refractivity contribution >= 4 is 11.7 Å². The number of nitrogens with zero attached hydrogens (tertiary/aromatic N) is 2. The van der Waals surface area contributed by atoms with Crippen LogP contribution in [0.25, 0.3) is 11.1 Å². The maximum atomic E-state index is 12.6. The van der Waals surface area contributed by atoms with Crippen molar-refractivity contribution in [1.82, 2.24) is 15.2 Å². The fourth-order valence-electron chi connectivity index (χ4n) is 4.31. The minimum absolute atomic E-state index is 0.0203. The predicted octanol–water partition coefficient (Wildman–Crippen LogP) is 3.72. The summed E-state index contributed by atoms with van der Waals surface area (Å²) >= 11 is 0. The molecule has 2 N–H and O–H groups in total. The summed E-state index contributed by atoms with van der Waals surface area (Å²) in [5, 5.41) is 6.58. The topological polar surface area (TPSA) is 57.3 Å². The van der Waals surface area contributed by atoms with E-state index in [1.54, 1.807) is 6.20 Å². The number of rotatable bonds is 3. The van der Waals surface area contributed by atoms with Crippen LogP contribution in [0.5, 0.6) is 0 Å². The number of piperidine rings is 1. The average Bonchev–Trinajstić information content (AvgIpc) is 2.76. The quantitative estimate of drug-likeness (QED) is 0.739. The molecule has 4 heterocycles. The molecule has 0 radical (unpaired) electrons. The first-order chi connectivity index (χ1) is 13.8. The molecule has 3 aromatic rings. The van der Waals surface area contributed by atoms with Gasteiger partial charge in [0, 0.05) is 49.2 Å². The van der Waals surface area contributed by atoms with Crippen molar-refractivity contribution in [1.29, 1.82) is 0 Å².